The van der Waals surface area contributed by atoms with Gasteiger partial charge in [-0.15, -0.1) is 10.2 Å². The second-order valence-electron chi connectivity index (χ2n) is 24.3. The fraction of sp³-hybridized carbons (Fsp3) is 0.785. The van der Waals surface area contributed by atoms with Crippen LogP contribution in [0.3, 0.4) is 0 Å². The highest BCUT2D eigenvalue weighted by atomic mass is 32.2. The summed E-state index contributed by atoms with van der Waals surface area (Å²) in [5, 5.41) is 41.7. The van der Waals surface area contributed by atoms with Crippen LogP contribution in [0.4, 0.5) is 0 Å². The van der Waals surface area contributed by atoms with Gasteiger partial charge in [0.1, 0.15) is 29.7 Å². The number of imidazole rings is 1. The number of rotatable bonds is 64. The van der Waals surface area contributed by atoms with Crippen LogP contribution in [0.2, 0.25) is 0 Å². The number of carbonyl (C=O) groups excluding carboxylic acids is 8. The molecule has 0 saturated carbocycles. The van der Waals surface area contributed by atoms with E-state index in [9.17, 15) is 66.6 Å². The summed E-state index contributed by atoms with van der Waals surface area (Å²) in [4.78, 5) is 130. The molecule has 0 fully saturated rings. The summed E-state index contributed by atoms with van der Waals surface area (Å²) in [6.45, 7) is 2.75. The van der Waals surface area contributed by atoms with Crippen molar-refractivity contribution in [1.29, 1.82) is 0 Å². The monoisotopic (exact) mass is 1320 g/mol. The summed E-state index contributed by atoms with van der Waals surface area (Å²) in [7, 11) is -3.80. The Morgan fingerprint density at radius 1 is 0.500 bits per heavy atom. The molecular formula is C65H112N10O16S. The molecule has 524 valence electrons. The van der Waals surface area contributed by atoms with E-state index in [4.69, 9.17) is 9.47 Å². The van der Waals surface area contributed by atoms with Crippen molar-refractivity contribution in [2.24, 2.45) is 17.8 Å². The number of nitrogens with one attached hydrogen (secondary N) is 6. The highest BCUT2D eigenvalue weighted by Crippen LogP contribution is 2.21. The molecule has 0 spiro atoms. The van der Waals surface area contributed by atoms with Gasteiger partial charge < -0.3 is 40.6 Å². The molecule has 27 heteroatoms. The molecule has 0 bridgehead atoms. The third kappa shape index (κ3) is 46.7. The van der Waals surface area contributed by atoms with E-state index in [-0.39, 0.29) is 146 Å². The molecule has 0 aliphatic heterocycles. The Hall–Kier alpha value is -6.35. The van der Waals surface area contributed by atoms with E-state index >= 15 is 0 Å². The zero-order chi connectivity index (χ0) is 67.3. The number of ketones is 4. The number of hydrogen-bond donors (Lipinski definition) is 8. The fourth-order valence-electron chi connectivity index (χ4n) is 10.6. The lowest BCUT2D eigenvalue weighted by atomic mass is 9.90. The topological polar surface area (TPSA) is 395 Å². The number of sulfonamides is 1. The van der Waals surface area contributed by atoms with E-state index in [1.54, 1.807) is 12.5 Å². The van der Waals surface area contributed by atoms with Crippen molar-refractivity contribution in [2.75, 3.05) is 51.8 Å². The van der Waals surface area contributed by atoms with E-state index in [0.717, 1.165) is 95.0 Å². The van der Waals surface area contributed by atoms with Crippen molar-refractivity contribution < 1.29 is 77.5 Å². The van der Waals surface area contributed by atoms with Gasteiger partial charge in [0.2, 0.25) is 33.7 Å². The van der Waals surface area contributed by atoms with Gasteiger partial charge in [0.25, 0.3) is 0 Å². The van der Waals surface area contributed by atoms with Gasteiger partial charge in [0, 0.05) is 103 Å². The average Bonchev–Trinajstić information content (AvgIpc) is 3.33. The third-order valence-corrected chi connectivity index (χ3v) is 17.5. The molecule has 2 aromatic heterocycles. The number of aliphatic carboxylic acids is 2. The lowest BCUT2D eigenvalue weighted by Gasteiger charge is -2.14. The number of carboxylic acid groups (broad SMARTS) is 2. The van der Waals surface area contributed by atoms with Crippen molar-refractivity contribution >= 4 is 68.7 Å². The maximum atomic E-state index is 12.8. The van der Waals surface area contributed by atoms with Gasteiger partial charge in [0.15, 0.2) is 5.82 Å². The summed E-state index contributed by atoms with van der Waals surface area (Å²) in [5.41, 5.74) is 0.867. The minimum Gasteiger partial charge on any atom is -0.481 e. The zero-order valence-corrected chi connectivity index (χ0v) is 55.7. The Labute approximate surface area is 546 Å². The number of Topliss-reactive ketones (excluding diaryl/α,β-unsaturated/α-hetero) is 4. The number of hydrogen-bond acceptors (Lipinski definition) is 18. The Morgan fingerprint density at radius 3 is 1.57 bits per heavy atom. The van der Waals surface area contributed by atoms with Crippen molar-refractivity contribution in [1.82, 2.24) is 51.3 Å². The smallest absolute Gasteiger partial charge is 0.306 e. The number of carbonyl (C=O) groups is 10. The Morgan fingerprint density at radius 2 is 0.989 bits per heavy atom. The summed E-state index contributed by atoms with van der Waals surface area (Å²) >= 11 is 0. The maximum absolute atomic E-state index is 12.8. The van der Waals surface area contributed by atoms with Crippen LogP contribution in [0.25, 0.3) is 0 Å². The Bertz CT molecular complexity index is 2510. The lowest BCUT2D eigenvalue weighted by molar-refractivity contribution is -0.145. The van der Waals surface area contributed by atoms with E-state index in [2.05, 4.69) is 51.3 Å². The number of aromatic nitrogens is 6. The molecule has 0 aliphatic rings. The second-order valence-corrected chi connectivity index (χ2v) is 26.1. The molecule has 2 heterocycles. The average molecular weight is 1320 g/mol. The number of carboxylic acids is 2. The number of nitrogens with zero attached hydrogens (tertiary/aromatic N) is 4. The Kier molecular flexibility index (Phi) is 47.1. The van der Waals surface area contributed by atoms with Crippen LogP contribution in [0.1, 0.15) is 257 Å². The van der Waals surface area contributed by atoms with Gasteiger partial charge in [-0.1, -0.05) is 127 Å². The molecule has 3 atom stereocenters. The van der Waals surface area contributed by atoms with Gasteiger partial charge >= 0.3 is 11.9 Å². The summed E-state index contributed by atoms with van der Waals surface area (Å²) in [6, 6.07) is 0. The molecule has 0 radical (unpaired) electrons. The highest BCUT2D eigenvalue weighted by molar-refractivity contribution is 7.90. The predicted octanol–water partition coefficient (Wildman–Crippen LogP) is 8.53. The number of ether oxygens (including phenoxy) is 2. The van der Waals surface area contributed by atoms with E-state index in [0.29, 0.717) is 58.0 Å². The standard InChI is InChI=1S/C65H110N10O16S.H2/c1-51(76)52(45-58(79)36-34-55-48-66-50-70-55)27-23-25-39-68-63(83)49-91-43-42-90-41-40-69-61(81)37-33-54(65(86)87)47-57(78)35-32-53(64(84)85)46-56(77)28-20-16-12-8-7-11-15-19-24-38-67-60(80)31-26-44-92(88,89)73-62(82)30-22-18-14-10-6-4-2-3-5-9-13-17-21-29-59-71-74-75-72-59;/h48,50,52-54H,2-47,49H2,1H3,(H,66,70)(H,67,80)(H,68,83)(H,69,81)(H,73,82)(H,84,85)(H,86,87)(H,71,72,74,75);1H/t52-,53?,54?;/m1./s1. The molecular weight excluding hydrogens is 1210 g/mol. The number of unbranched alkanes of at least 4 members (excludes halogenated alkanes) is 21. The number of aryl methyl sites for hydroxylation is 2. The van der Waals surface area contributed by atoms with Gasteiger partial charge in [-0.05, 0) is 71.1 Å². The molecule has 8 N–H and O–H groups in total. The molecule has 0 saturated heterocycles. The number of tetrazole rings is 1. The van der Waals surface area contributed by atoms with E-state index < -0.39 is 51.4 Å². The van der Waals surface area contributed by atoms with Crippen LogP contribution in [0, 0.1) is 17.8 Å². The van der Waals surface area contributed by atoms with Crippen molar-refractivity contribution in [3.8, 4) is 0 Å². The summed E-state index contributed by atoms with van der Waals surface area (Å²) in [5.74, 6) is -6.68. The number of aromatic amines is 2. The quantitative estimate of drug-likeness (QED) is 0.0287. The van der Waals surface area contributed by atoms with Gasteiger partial charge in [0.05, 0.1) is 43.7 Å². The third-order valence-electron chi connectivity index (χ3n) is 16.1. The van der Waals surface area contributed by atoms with Crippen LogP contribution >= 0.6 is 0 Å². The van der Waals surface area contributed by atoms with E-state index in [1.165, 1.54) is 58.3 Å². The number of amides is 4. The fourth-order valence-corrected chi connectivity index (χ4v) is 11.6. The van der Waals surface area contributed by atoms with E-state index in [1.807, 2.05) is 0 Å². The van der Waals surface area contributed by atoms with Gasteiger partial charge in [-0.3, -0.25) is 52.7 Å². The minimum atomic E-state index is -3.80. The van der Waals surface area contributed by atoms with Crippen molar-refractivity contribution in [3.63, 3.8) is 0 Å². The van der Waals surface area contributed by atoms with Gasteiger partial charge in [-0.25, -0.2) is 13.4 Å². The Balaban J connectivity index is 0.0000432. The highest BCUT2D eigenvalue weighted by Gasteiger charge is 2.26. The second kappa shape index (κ2) is 53.1. The normalized spacial score (nSPS) is 12.4. The molecule has 92 heavy (non-hydrogen) atoms. The summed E-state index contributed by atoms with van der Waals surface area (Å²) in [6.07, 6.45) is 29.1. The molecule has 0 aromatic carbocycles. The molecule has 2 rings (SSSR count). The largest absolute Gasteiger partial charge is 0.481 e. The van der Waals surface area contributed by atoms with Crippen LogP contribution in [0.5, 0.6) is 0 Å². The summed E-state index contributed by atoms with van der Waals surface area (Å²) < 4.78 is 37.7. The molecule has 26 nitrogen and oxygen atoms in total. The minimum absolute atomic E-state index is 0. The van der Waals surface area contributed by atoms with Crippen LogP contribution in [-0.2, 0) is 80.3 Å². The lowest BCUT2D eigenvalue weighted by Crippen LogP contribution is -2.33. The first-order valence-electron chi connectivity index (χ1n) is 34.0. The van der Waals surface area contributed by atoms with Crippen LogP contribution in [-0.4, -0.2) is 160 Å². The molecule has 2 aromatic rings. The zero-order valence-electron chi connectivity index (χ0n) is 54.9. The van der Waals surface area contributed by atoms with Crippen LogP contribution < -0.4 is 20.7 Å². The van der Waals surface area contributed by atoms with Crippen LogP contribution in [0.15, 0.2) is 12.5 Å². The first-order valence-corrected chi connectivity index (χ1v) is 35.7. The maximum Gasteiger partial charge on any atom is 0.306 e. The van der Waals surface area contributed by atoms with Gasteiger partial charge in [-0.2, -0.15) is 5.21 Å². The number of H-pyrrole nitrogens is 2. The molecule has 0 aliphatic carbocycles. The first-order chi connectivity index (χ1) is 44.3. The predicted molar refractivity (Wildman–Crippen MR) is 347 cm³/mol. The SMILES string of the molecule is CC(=O)[C@H](CCCCNC(=O)COCCOCCNC(=O)CCC(CC(=O)CCC(CC(=O)CCCCCCCCCCCNC(=O)CCCS(=O)(=O)NC(=O)CCCCCCCCCCCCCCCc1nn[nH]n1)C(=O)O)C(=O)O)CC(=O)CCc1cnc[nH]1.[HH]. The van der Waals surface area contributed by atoms with Crippen molar-refractivity contribution in [2.45, 2.75) is 257 Å². The molecule has 4 amide bonds. The first kappa shape index (κ1) is 81.7. The molecule has 2 unspecified atom stereocenters. The van der Waals surface area contributed by atoms with Crippen molar-refractivity contribution in [3.05, 3.63) is 24.0 Å².